The Bertz CT molecular complexity index is 1040. The number of amides is 1. The smallest absolute Gasteiger partial charge is 0.261 e. The lowest BCUT2D eigenvalue weighted by Gasteiger charge is -2.07. The van der Waals surface area contributed by atoms with Crippen LogP contribution in [0.5, 0.6) is 5.75 Å². The fourth-order valence-corrected chi connectivity index (χ4v) is 3.05. The van der Waals surface area contributed by atoms with Crippen molar-refractivity contribution in [3.8, 4) is 11.8 Å². The van der Waals surface area contributed by atoms with E-state index in [0.29, 0.717) is 13.2 Å². The maximum atomic E-state index is 12.3. The molecule has 150 valence electrons. The molecule has 0 fully saturated rings. The van der Waals surface area contributed by atoms with Gasteiger partial charge in [0.2, 0.25) is 0 Å². The molecule has 3 aromatic rings. The summed E-state index contributed by atoms with van der Waals surface area (Å²) in [4.78, 5) is 12.3. The van der Waals surface area contributed by atoms with E-state index in [1.165, 1.54) is 0 Å². The van der Waals surface area contributed by atoms with Crippen molar-refractivity contribution < 1.29 is 9.53 Å². The molecule has 0 aromatic heterocycles. The van der Waals surface area contributed by atoms with E-state index in [2.05, 4.69) is 21.2 Å². The van der Waals surface area contributed by atoms with Crippen LogP contribution in [0.1, 0.15) is 16.7 Å². The van der Waals surface area contributed by atoms with Gasteiger partial charge in [0.1, 0.15) is 24.0 Å². The topological polar surface area (TPSA) is 62.1 Å². The van der Waals surface area contributed by atoms with Gasteiger partial charge in [-0.25, -0.2) is 0 Å². The summed E-state index contributed by atoms with van der Waals surface area (Å²) in [6.45, 7) is 0.945. The highest BCUT2D eigenvalue weighted by atomic mass is 79.9. The van der Waals surface area contributed by atoms with E-state index in [-0.39, 0.29) is 11.5 Å². The van der Waals surface area contributed by atoms with Gasteiger partial charge < -0.3 is 10.1 Å². The van der Waals surface area contributed by atoms with Gasteiger partial charge in [0, 0.05) is 11.0 Å². The van der Waals surface area contributed by atoms with E-state index in [1.54, 1.807) is 6.08 Å². The number of nitrogens with one attached hydrogen (secondary N) is 1. The van der Waals surface area contributed by atoms with Gasteiger partial charge in [0.05, 0.1) is 0 Å². The van der Waals surface area contributed by atoms with Crippen LogP contribution in [0, 0.1) is 11.3 Å². The van der Waals surface area contributed by atoms with Crippen LogP contribution in [0.3, 0.4) is 0 Å². The van der Waals surface area contributed by atoms with Gasteiger partial charge in [0.15, 0.2) is 0 Å². The number of hydrogen-bond acceptors (Lipinski definition) is 3. The number of nitriles is 1. The minimum Gasteiger partial charge on any atom is -0.489 e. The molecule has 3 rings (SSSR count). The van der Waals surface area contributed by atoms with E-state index < -0.39 is 0 Å². The molecule has 4 nitrogen and oxygen atoms in total. The molecule has 0 bridgehead atoms. The minimum atomic E-state index is -0.371. The highest BCUT2D eigenvalue weighted by Gasteiger charge is 2.08. The number of nitrogens with zero attached hydrogens (tertiary/aromatic N) is 1. The Labute approximate surface area is 184 Å². The Morgan fingerprint density at radius 2 is 1.67 bits per heavy atom. The third-order valence-corrected chi connectivity index (χ3v) is 4.95. The largest absolute Gasteiger partial charge is 0.489 e. The number of benzene rings is 3. The van der Waals surface area contributed by atoms with Gasteiger partial charge in [-0.15, -0.1) is 0 Å². The first-order valence-electron chi connectivity index (χ1n) is 9.55. The average Bonchev–Trinajstić information content (AvgIpc) is 2.78. The zero-order valence-corrected chi connectivity index (χ0v) is 17.9. The highest BCUT2D eigenvalue weighted by molar-refractivity contribution is 9.10. The van der Waals surface area contributed by atoms with Crippen LogP contribution in [0.2, 0.25) is 0 Å². The van der Waals surface area contributed by atoms with Crippen LogP contribution in [0.25, 0.3) is 6.08 Å². The van der Waals surface area contributed by atoms with Crippen molar-refractivity contribution in [1.29, 1.82) is 5.26 Å². The lowest BCUT2D eigenvalue weighted by Crippen LogP contribution is -2.26. The summed E-state index contributed by atoms with van der Waals surface area (Å²) in [5, 5.41) is 12.1. The zero-order chi connectivity index (χ0) is 21.2. The van der Waals surface area contributed by atoms with Crippen molar-refractivity contribution >= 4 is 27.9 Å². The predicted molar refractivity (Wildman–Crippen MR) is 122 cm³/mol. The Balaban J connectivity index is 1.53. The lowest BCUT2D eigenvalue weighted by molar-refractivity contribution is -0.117. The van der Waals surface area contributed by atoms with E-state index in [0.717, 1.165) is 33.3 Å². The van der Waals surface area contributed by atoms with Gasteiger partial charge >= 0.3 is 0 Å². The fraction of sp³-hybridized carbons (Fsp3) is 0.120. The molecule has 1 amide bonds. The maximum absolute atomic E-state index is 12.3. The van der Waals surface area contributed by atoms with Crippen LogP contribution in [-0.2, 0) is 17.8 Å². The normalized spacial score (nSPS) is 10.9. The average molecular weight is 461 g/mol. The van der Waals surface area contributed by atoms with Crippen molar-refractivity contribution in [3.63, 3.8) is 0 Å². The molecule has 0 aliphatic heterocycles. The van der Waals surface area contributed by atoms with Crippen molar-refractivity contribution in [2.45, 2.75) is 13.0 Å². The second kappa shape index (κ2) is 11.0. The molecule has 0 spiro atoms. The summed E-state index contributed by atoms with van der Waals surface area (Å²) >= 11 is 3.41. The zero-order valence-electron chi connectivity index (χ0n) is 16.3. The van der Waals surface area contributed by atoms with Gasteiger partial charge in [0.25, 0.3) is 5.91 Å². The first-order chi connectivity index (χ1) is 14.6. The molecule has 0 heterocycles. The molecule has 0 saturated heterocycles. The van der Waals surface area contributed by atoms with Crippen LogP contribution < -0.4 is 10.1 Å². The summed E-state index contributed by atoms with van der Waals surface area (Å²) in [5.41, 5.74) is 3.05. The van der Waals surface area contributed by atoms with E-state index >= 15 is 0 Å². The van der Waals surface area contributed by atoms with Gasteiger partial charge in [-0.1, -0.05) is 70.5 Å². The second-order valence-electron chi connectivity index (χ2n) is 6.65. The molecular formula is C25H21BrN2O2. The second-order valence-corrected chi connectivity index (χ2v) is 7.56. The number of halogens is 1. The molecule has 0 unspecified atom stereocenters. The molecule has 0 radical (unpaired) electrons. The number of carbonyl (C=O) groups is 1. The Hall–Kier alpha value is -3.36. The van der Waals surface area contributed by atoms with Crippen LogP contribution >= 0.6 is 15.9 Å². The molecule has 0 aliphatic carbocycles. The van der Waals surface area contributed by atoms with E-state index in [4.69, 9.17) is 4.74 Å². The summed E-state index contributed by atoms with van der Waals surface area (Å²) in [6.07, 6.45) is 2.30. The van der Waals surface area contributed by atoms with Crippen molar-refractivity contribution in [3.05, 3.63) is 106 Å². The van der Waals surface area contributed by atoms with Crippen LogP contribution in [0.15, 0.2) is 88.9 Å². The number of rotatable bonds is 8. The first-order valence-corrected chi connectivity index (χ1v) is 10.3. The molecule has 0 aliphatic rings. The quantitative estimate of drug-likeness (QED) is 0.366. The first kappa shape index (κ1) is 21.4. The van der Waals surface area contributed by atoms with Crippen LogP contribution in [-0.4, -0.2) is 12.5 Å². The standard InChI is InChI=1S/C25H21BrN2O2/c26-23-10-6-21(7-11-23)18-30-24-12-8-20(9-13-24)16-22(17-27)25(29)28-15-14-19-4-2-1-3-5-19/h1-13,16H,14-15,18H2,(H,28,29)/b22-16+. The monoisotopic (exact) mass is 460 g/mol. The number of carbonyl (C=O) groups excluding carboxylic acids is 1. The lowest BCUT2D eigenvalue weighted by atomic mass is 10.1. The van der Waals surface area contributed by atoms with Crippen molar-refractivity contribution in [2.24, 2.45) is 0 Å². The maximum Gasteiger partial charge on any atom is 0.261 e. The molecule has 3 aromatic carbocycles. The summed E-state index contributed by atoms with van der Waals surface area (Å²) in [5.74, 6) is 0.352. The van der Waals surface area contributed by atoms with Gasteiger partial charge in [-0.3, -0.25) is 4.79 Å². The van der Waals surface area contributed by atoms with E-state index in [1.807, 2.05) is 84.9 Å². The van der Waals surface area contributed by atoms with Crippen molar-refractivity contribution in [2.75, 3.05) is 6.54 Å². The summed E-state index contributed by atoms with van der Waals surface area (Å²) in [7, 11) is 0. The molecule has 5 heteroatoms. The summed E-state index contributed by atoms with van der Waals surface area (Å²) < 4.78 is 6.81. The van der Waals surface area contributed by atoms with Gasteiger partial charge in [-0.05, 0) is 53.5 Å². The fourth-order valence-electron chi connectivity index (χ4n) is 2.78. The molecule has 1 N–H and O–H groups in total. The van der Waals surface area contributed by atoms with Crippen molar-refractivity contribution in [1.82, 2.24) is 5.32 Å². The third-order valence-electron chi connectivity index (χ3n) is 4.42. The SMILES string of the molecule is N#C/C(=C\c1ccc(OCc2ccc(Br)cc2)cc1)C(=O)NCCc1ccccc1. The molecule has 0 saturated carbocycles. The van der Waals surface area contributed by atoms with Gasteiger partial charge in [-0.2, -0.15) is 5.26 Å². The Kier molecular flexibility index (Phi) is 7.82. The number of ether oxygens (including phenoxy) is 1. The molecular weight excluding hydrogens is 440 g/mol. The number of hydrogen-bond donors (Lipinski definition) is 1. The van der Waals surface area contributed by atoms with Crippen LogP contribution in [0.4, 0.5) is 0 Å². The van der Waals surface area contributed by atoms with E-state index in [9.17, 15) is 10.1 Å². The highest BCUT2D eigenvalue weighted by Crippen LogP contribution is 2.17. The Morgan fingerprint density at radius 3 is 2.33 bits per heavy atom. The Morgan fingerprint density at radius 1 is 0.967 bits per heavy atom. The molecule has 0 atom stereocenters. The predicted octanol–water partition coefficient (Wildman–Crippen LogP) is 5.29. The minimum absolute atomic E-state index is 0.0755. The summed E-state index contributed by atoms with van der Waals surface area (Å²) in [6, 6.07) is 27.1. The third kappa shape index (κ3) is 6.61. The molecule has 30 heavy (non-hydrogen) atoms.